The van der Waals surface area contributed by atoms with Gasteiger partial charge >= 0.3 is 0 Å². The molecule has 0 aliphatic heterocycles. The quantitative estimate of drug-likeness (QED) is 0.759. The highest BCUT2D eigenvalue weighted by Crippen LogP contribution is 2.32. The van der Waals surface area contributed by atoms with E-state index in [1.165, 1.54) is 12.8 Å². The first kappa shape index (κ1) is 17.8. The van der Waals surface area contributed by atoms with Crippen LogP contribution >= 0.6 is 15.9 Å². The fourth-order valence-corrected chi connectivity index (χ4v) is 3.49. The van der Waals surface area contributed by atoms with E-state index >= 15 is 0 Å². The van der Waals surface area contributed by atoms with Crippen molar-refractivity contribution in [3.63, 3.8) is 0 Å². The monoisotopic (exact) mass is 403 g/mol. The summed E-state index contributed by atoms with van der Waals surface area (Å²) in [6.07, 6.45) is 4.95. The number of benzene rings is 2. The molecule has 0 spiro atoms. The van der Waals surface area contributed by atoms with Gasteiger partial charge in [-0.2, -0.15) is 0 Å². The fraction of sp³-hybridized carbons (Fsp3) is 0.350. The van der Waals surface area contributed by atoms with Gasteiger partial charge in [0.1, 0.15) is 0 Å². The molecule has 3 rings (SSSR count). The van der Waals surface area contributed by atoms with Crippen LogP contribution in [0.1, 0.15) is 41.6 Å². The van der Waals surface area contributed by atoms with Crippen LogP contribution < -0.4 is 14.8 Å². The van der Waals surface area contributed by atoms with Gasteiger partial charge in [0.25, 0.3) is 5.91 Å². The summed E-state index contributed by atoms with van der Waals surface area (Å²) in [5.74, 6) is 1.37. The molecule has 1 aliphatic carbocycles. The molecule has 0 saturated heterocycles. The van der Waals surface area contributed by atoms with Crippen molar-refractivity contribution in [1.82, 2.24) is 5.32 Å². The van der Waals surface area contributed by atoms with Crippen molar-refractivity contribution in [1.29, 1.82) is 0 Å². The smallest absolute Gasteiger partial charge is 0.252 e. The van der Waals surface area contributed by atoms with Gasteiger partial charge in [0.15, 0.2) is 11.5 Å². The molecule has 1 amide bonds. The van der Waals surface area contributed by atoms with E-state index in [2.05, 4.69) is 21.2 Å². The summed E-state index contributed by atoms with van der Waals surface area (Å²) in [5, 5.41) is 2.93. The molecule has 0 aromatic heterocycles. The Morgan fingerprint density at radius 3 is 2.64 bits per heavy atom. The van der Waals surface area contributed by atoms with Gasteiger partial charge in [0, 0.05) is 11.0 Å². The highest BCUT2D eigenvalue weighted by molar-refractivity contribution is 9.10. The lowest BCUT2D eigenvalue weighted by atomic mass is 10.1. The van der Waals surface area contributed by atoms with Crippen LogP contribution in [0.3, 0.4) is 0 Å². The second-order valence-corrected chi connectivity index (χ2v) is 7.03. The van der Waals surface area contributed by atoms with Crippen LogP contribution in [0.25, 0.3) is 0 Å². The summed E-state index contributed by atoms with van der Waals surface area (Å²) in [4.78, 5) is 12.3. The summed E-state index contributed by atoms with van der Waals surface area (Å²) in [6.45, 7) is 0.431. The van der Waals surface area contributed by atoms with E-state index in [-0.39, 0.29) is 12.0 Å². The Morgan fingerprint density at radius 2 is 1.92 bits per heavy atom. The summed E-state index contributed by atoms with van der Waals surface area (Å²) >= 11 is 3.40. The topological polar surface area (TPSA) is 47.6 Å². The number of carbonyl (C=O) groups excluding carboxylic acids is 1. The van der Waals surface area contributed by atoms with E-state index in [9.17, 15) is 4.79 Å². The Kier molecular flexibility index (Phi) is 5.97. The molecular formula is C20H22BrNO3. The molecular weight excluding hydrogens is 382 g/mol. The van der Waals surface area contributed by atoms with Gasteiger partial charge in [-0.05, 0) is 71.4 Å². The summed E-state index contributed by atoms with van der Waals surface area (Å²) in [7, 11) is 1.64. The van der Waals surface area contributed by atoms with Crippen LogP contribution in [-0.2, 0) is 6.54 Å². The zero-order chi connectivity index (χ0) is 17.6. The van der Waals surface area contributed by atoms with Crippen molar-refractivity contribution < 1.29 is 14.3 Å². The van der Waals surface area contributed by atoms with Crippen LogP contribution in [0, 0.1) is 0 Å². The first-order chi connectivity index (χ1) is 12.2. The summed E-state index contributed by atoms with van der Waals surface area (Å²) in [5.41, 5.74) is 1.59. The van der Waals surface area contributed by atoms with Gasteiger partial charge in [0.05, 0.1) is 18.8 Å². The molecule has 4 nitrogen and oxygen atoms in total. The SMILES string of the molecule is COc1cc(CNC(=O)c2ccccc2Br)ccc1OC1CCCC1. The van der Waals surface area contributed by atoms with Crippen molar-refractivity contribution in [3.8, 4) is 11.5 Å². The zero-order valence-electron chi connectivity index (χ0n) is 14.3. The van der Waals surface area contributed by atoms with Crippen molar-refractivity contribution in [2.75, 3.05) is 7.11 Å². The highest BCUT2D eigenvalue weighted by atomic mass is 79.9. The van der Waals surface area contributed by atoms with Crippen LogP contribution in [-0.4, -0.2) is 19.1 Å². The Hall–Kier alpha value is -2.01. The maximum absolute atomic E-state index is 12.3. The number of ether oxygens (including phenoxy) is 2. The molecule has 0 unspecified atom stereocenters. The largest absolute Gasteiger partial charge is 0.493 e. The maximum Gasteiger partial charge on any atom is 0.252 e. The minimum Gasteiger partial charge on any atom is -0.493 e. The number of hydrogen-bond acceptors (Lipinski definition) is 3. The van der Waals surface area contributed by atoms with E-state index < -0.39 is 0 Å². The van der Waals surface area contributed by atoms with Crippen LogP contribution in [0.4, 0.5) is 0 Å². The van der Waals surface area contributed by atoms with Crippen molar-refractivity contribution in [2.45, 2.75) is 38.3 Å². The molecule has 1 aliphatic rings. The minimum absolute atomic E-state index is 0.113. The highest BCUT2D eigenvalue weighted by Gasteiger charge is 2.18. The lowest BCUT2D eigenvalue weighted by Crippen LogP contribution is -2.23. The van der Waals surface area contributed by atoms with E-state index in [1.54, 1.807) is 13.2 Å². The van der Waals surface area contributed by atoms with Crippen molar-refractivity contribution in [3.05, 3.63) is 58.1 Å². The lowest BCUT2D eigenvalue weighted by Gasteiger charge is -2.17. The molecule has 0 radical (unpaired) electrons. The molecule has 1 N–H and O–H groups in total. The van der Waals surface area contributed by atoms with Crippen LogP contribution in [0.5, 0.6) is 11.5 Å². The third-order valence-corrected chi connectivity index (χ3v) is 5.09. The van der Waals surface area contributed by atoms with Crippen LogP contribution in [0.15, 0.2) is 46.9 Å². The number of nitrogens with one attached hydrogen (secondary N) is 1. The predicted octanol–water partition coefficient (Wildman–Crippen LogP) is 4.71. The molecule has 2 aromatic carbocycles. The summed E-state index contributed by atoms with van der Waals surface area (Å²) < 4.78 is 12.3. The molecule has 132 valence electrons. The zero-order valence-corrected chi connectivity index (χ0v) is 15.8. The molecule has 5 heteroatoms. The van der Waals surface area contributed by atoms with Gasteiger partial charge in [-0.25, -0.2) is 0 Å². The maximum atomic E-state index is 12.3. The molecule has 0 bridgehead atoms. The Balaban J connectivity index is 1.64. The third kappa shape index (κ3) is 4.54. The third-order valence-electron chi connectivity index (χ3n) is 4.40. The first-order valence-electron chi connectivity index (χ1n) is 8.53. The predicted molar refractivity (Wildman–Crippen MR) is 101 cm³/mol. The van der Waals surface area contributed by atoms with E-state index in [0.29, 0.717) is 17.9 Å². The molecule has 0 heterocycles. The van der Waals surface area contributed by atoms with Crippen LogP contribution in [0.2, 0.25) is 0 Å². The Bertz CT molecular complexity index is 741. The van der Waals surface area contributed by atoms with E-state index in [4.69, 9.17) is 9.47 Å². The molecule has 25 heavy (non-hydrogen) atoms. The number of hydrogen-bond donors (Lipinski definition) is 1. The Morgan fingerprint density at radius 1 is 1.16 bits per heavy atom. The lowest BCUT2D eigenvalue weighted by molar-refractivity contribution is 0.0950. The Labute approximate surface area is 156 Å². The van der Waals surface area contributed by atoms with Gasteiger partial charge < -0.3 is 14.8 Å². The second kappa shape index (κ2) is 8.39. The normalized spacial score (nSPS) is 14.3. The van der Waals surface area contributed by atoms with Gasteiger partial charge in [-0.1, -0.05) is 18.2 Å². The first-order valence-corrected chi connectivity index (χ1v) is 9.33. The van der Waals surface area contributed by atoms with Gasteiger partial charge in [-0.3, -0.25) is 4.79 Å². The van der Waals surface area contributed by atoms with E-state index in [1.807, 2.05) is 36.4 Å². The second-order valence-electron chi connectivity index (χ2n) is 6.17. The number of carbonyl (C=O) groups is 1. The number of rotatable bonds is 6. The van der Waals surface area contributed by atoms with E-state index in [0.717, 1.165) is 28.6 Å². The number of methoxy groups -OCH3 is 1. The summed E-state index contributed by atoms with van der Waals surface area (Å²) in [6, 6.07) is 13.2. The molecule has 2 aromatic rings. The van der Waals surface area contributed by atoms with Crippen molar-refractivity contribution in [2.24, 2.45) is 0 Å². The average molecular weight is 404 g/mol. The fourth-order valence-electron chi connectivity index (χ4n) is 3.03. The number of amides is 1. The van der Waals surface area contributed by atoms with Gasteiger partial charge in [-0.15, -0.1) is 0 Å². The number of halogens is 1. The molecule has 1 fully saturated rings. The average Bonchev–Trinajstić information content (AvgIpc) is 3.14. The minimum atomic E-state index is -0.113. The standard InChI is InChI=1S/C20H22BrNO3/c1-24-19-12-14(10-11-18(19)25-15-6-2-3-7-15)13-22-20(23)16-8-4-5-9-17(16)21/h4-5,8-12,15H,2-3,6-7,13H2,1H3,(H,22,23). The van der Waals surface area contributed by atoms with Crippen molar-refractivity contribution >= 4 is 21.8 Å². The van der Waals surface area contributed by atoms with Gasteiger partial charge in [0.2, 0.25) is 0 Å². The molecule has 1 saturated carbocycles. The molecule has 0 atom stereocenters.